The molecule has 0 fully saturated rings. The first-order chi connectivity index (χ1) is 14.1. The van der Waals surface area contributed by atoms with Crippen LogP contribution in [-0.2, 0) is 6.54 Å². The maximum absolute atomic E-state index is 6.17. The summed E-state index contributed by atoms with van der Waals surface area (Å²) in [6.07, 6.45) is 3.91. The van der Waals surface area contributed by atoms with Crippen LogP contribution in [0.3, 0.4) is 0 Å². The number of para-hydroxylation sites is 2. The van der Waals surface area contributed by atoms with E-state index in [4.69, 9.17) is 9.47 Å². The second-order valence-electron chi connectivity index (χ2n) is 7.97. The average molecular weight is 389 g/mol. The predicted octanol–water partition coefficient (Wildman–Crippen LogP) is 5.11. The SMILES string of the molecule is Cc1cccc(-c2cncc(CN(CC3COc4ccccc4O3)C(C)C)c2)c1. The molecule has 0 amide bonds. The fourth-order valence-electron chi connectivity index (χ4n) is 3.66. The lowest BCUT2D eigenvalue weighted by atomic mass is 10.0. The Bertz CT molecular complexity index is 970. The largest absolute Gasteiger partial charge is 0.486 e. The lowest BCUT2D eigenvalue weighted by molar-refractivity contribution is 0.0468. The molecule has 0 N–H and O–H groups in total. The van der Waals surface area contributed by atoms with Crippen LogP contribution in [-0.4, -0.2) is 35.2 Å². The van der Waals surface area contributed by atoms with Crippen LogP contribution in [0.1, 0.15) is 25.0 Å². The fraction of sp³-hybridized carbons (Fsp3) is 0.320. The van der Waals surface area contributed by atoms with Gasteiger partial charge in [0.05, 0.1) is 0 Å². The number of nitrogens with zero attached hydrogens (tertiary/aromatic N) is 2. The minimum atomic E-state index is 0.0141. The lowest BCUT2D eigenvalue weighted by Crippen LogP contribution is -2.43. The molecule has 0 saturated carbocycles. The van der Waals surface area contributed by atoms with Crippen LogP contribution in [0.25, 0.3) is 11.1 Å². The van der Waals surface area contributed by atoms with Gasteiger partial charge in [0.25, 0.3) is 0 Å². The highest BCUT2D eigenvalue weighted by molar-refractivity contribution is 5.63. The second kappa shape index (κ2) is 8.66. The second-order valence-corrected chi connectivity index (χ2v) is 7.97. The highest BCUT2D eigenvalue weighted by atomic mass is 16.6. The Balaban J connectivity index is 1.47. The van der Waals surface area contributed by atoms with Gasteiger partial charge in [-0.3, -0.25) is 9.88 Å². The van der Waals surface area contributed by atoms with Crippen LogP contribution in [0.2, 0.25) is 0 Å². The standard InChI is InChI=1S/C25H28N2O2/c1-18(2)27(16-23-17-28-24-9-4-5-10-25(24)29-23)15-20-12-22(14-26-13-20)21-8-6-7-19(3)11-21/h4-14,18,23H,15-17H2,1-3H3. The van der Waals surface area contributed by atoms with Gasteiger partial charge in [0.15, 0.2) is 11.5 Å². The summed E-state index contributed by atoms with van der Waals surface area (Å²) in [6.45, 7) is 8.75. The van der Waals surface area contributed by atoms with Crippen molar-refractivity contribution in [1.29, 1.82) is 0 Å². The van der Waals surface area contributed by atoms with Gasteiger partial charge in [0.2, 0.25) is 0 Å². The molecule has 2 heterocycles. The zero-order chi connectivity index (χ0) is 20.2. The molecule has 4 rings (SSSR count). The van der Waals surface area contributed by atoms with E-state index >= 15 is 0 Å². The quantitative estimate of drug-likeness (QED) is 0.588. The monoisotopic (exact) mass is 388 g/mol. The Kier molecular flexibility index (Phi) is 5.81. The number of hydrogen-bond acceptors (Lipinski definition) is 4. The summed E-state index contributed by atoms with van der Waals surface area (Å²) in [6, 6.07) is 19.0. The molecule has 1 aliphatic rings. The first kappa shape index (κ1) is 19.5. The van der Waals surface area contributed by atoms with Gasteiger partial charge >= 0.3 is 0 Å². The van der Waals surface area contributed by atoms with Crippen LogP contribution in [0.15, 0.2) is 67.0 Å². The molecule has 1 unspecified atom stereocenters. The molecule has 0 radical (unpaired) electrons. The van der Waals surface area contributed by atoms with Crippen LogP contribution < -0.4 is 9.47 Å². The lowest BCUT2D eigenvalue weighted by Gasteiger charge is -2.33. The Morgan fingerprint density at radius 2 is 1.83 bits per heavy atom. The third-order valence-corrected chi connectivity index (χ3v) is 5.27. The van der Waals surface area contributed by atoms with E-state index in [1.807, 2.05) is 36.7 Å². The van der Waals surface area contributed by atoms with Gasteiger partial charge in [0.1, 0.15) is 12.7 Å². The van der Waals surface area contributed by atoms with Gasteiger partial charge in [-0.25, -0.2) is 0 Å². The van der Waals surface area contributed by atoms with Crippen molar-refractivity contribution >= 4 is 0 Å². The Hall–Kier alpha value is -2.85. The molecule has 29 heavy (non-hydrogen) atoms. The Morgan fingerprint density at radius 1 is 1.00 bits per heavy atom. The van der Waals surface area contributed by atoms with Crippen molar-refractivity contribution in [2.45, 2.75) is 39.5 Å². The Morgan fingerprint density at radius 3 is 2.62 bits per heavy atom. The average Bonchev–Trinajstić information content (AvgIpc) is 2.73. The minimum absolute atomic E-state index is 0.0141. The number of fused-ring (bicyclic) bond motifs is 1. The first-order valence-electron chi connectivity index (χ1n) is 10.2. The molecule has 4 heteroatoms. The fourth-order valence-corrected chi connectivity index (χ4v) is 3.66. The molecule has 3 aromatic rings. The summed E-state index contributed by atoms with van der Waals surface area (Å²) in [4.78, 5) is 6.91. The number of ether oxygens (including phenoxy) is 2. The van der Waals surface area contributed by atoms with Gasteiger partial charge in [-0.1, -0.05) is 42.0 Å². The van der Waals surface area contributed by atoms with Gasteiger partial charge in [0, 0.05) is 37.1 Å². The normalized spacial score (nSPS) is 15.7. The molecule has 0 bridgehead atoms. The third-order valence-electron chi connectivity index (χ3n) is 5.27. The topological polar surface area (TPSA) is 34.6 Å². The molecule has 4 nitrogen and oxygen atoms in total. The van der Waals surface area contributed by atoms with Crippen molar-refractivity contribution in [3.8, 4) is 22.6 Å². The van der Waals surface area contributed by atoms with E-state index in [-0.39, 0.29) is 6.10 Å². The van der Waals surface area contributed by atoms with Crippen LogP contribution in [0.5, 0.6) is 11.5 Å². The summed E-state index contributed by atoms with van der Waals surface area (Å²) in [5, 5.41) is 0. The van der Waals surface area contributed by atoms with E-state index in [9.17, 15) is 0 Å². The maximum atomic E-state index is 6.17. The van der Waals surface area contributed by atoms with E-state index in [0.29, 0.717) is 12.6 Å². The van der Waals surface area contributed by atoms with E-state index in [2.05, 4.69) is 61.0 Å². The summed E-state index contributed by atoms with van der Waals surface area (Å²) >= 11 is 0. The number of aryl methyl sites for hydroxylation is 1. The van der Waals surface area contributed by atoms with Crippen LogP contribution >= 0.6 is 0 Å². The summed E-state index contributed by atoms with van der Waals surface area (Å²) in [7, 11) is 0. The molecule has 1 aromatic heterocycles. The predicted molar refractivity (Wildman–Crippen MR) is 116 cm³/mol. The van der Waals surface area contributed by atoms with E-state index in [0.717, 1.165) is 30.2 Å². The van der Waals surface area contributed by atoms with Crippen molar-refractivity contribution in [2.24, 2.45) is 0 Å². The van der Waals surface area contributed by atoms with E-state index in [1.54, 1.807) is 0 Å². The van der Waals surface area contributed by atoms with Gasteiger partial charge in [-0.2, -0.15) is 0 Å². The Labute approximate surface area is 173 Å². The maximum Gasteiger partial charge on any atom is 0.161 e. The number of pyridine rings is 1. The number of benzene rings is 2. The molecule has 1 aliphatic heterocycles. The molecule has 2 aromatic carbocycles. The molecule has 0 saturated heterocycles. The van der Waals surface area contributed by atoms with Crippen LogP contribution in [0.4, 0.5) is 0 Å². The third kappa shape index (κ3) is 4.77. The smallest absolute Gasteiger partial charge is 0.161 e. The molecule has 150 valence electrons. The zero-order valence-electron chi connectivity index (χ0n) is 17.3. The van der Waals surface area contributed by atoms with Crippen molar-refractivity contribution < 1.29 is 9.47 Å². The van der Waals surface area contributed by atoms with Gasteiger partial charge in [-0.05, 0) is 50.1 Å². The summed E-state index contributed by atoms with van der Waals surface area (Å²) in [5.41, 5.74) is 4.82. The molecular formula is C25H28N2O2. The zero-order valence-corrected chi connectivity index (χ0v) is 17.3. The molecule has 1 atom stereocenters. The number of hydrogen-bond donors (Lipinski definition) is 0. The first-order valence-corrected chi connectivity index (χ1v) is 10.2. The van der Waals surface area contributed by atoms with Crippen molar-refractivity contribution in [3.05, 3.63) is 78.1 Å². The van der Waals surface area contributed by atoms with Gasteiger partial charge in [-0.15, -0.1) is 0 Å². The van der Waals surface area contributed by atoms with E-state index < -0.39 is 0 Å². The van der Waals surface area contributed by atoms with Crippen molar-refractivity contribution in [2.75, 3.05) is 13.2 Å². The van der Waals surface area contributed by atoms with E-state index in [1.165, 1.54) is 16.7 Å². The summed E-state index contributed by atoms with van der Waals surface area (Å²) < 4.78 is 12.1. The highest BCUT2D eigenvalue weighted by Crippen LogP contribution is 2.31. The molecule has 0 spiro atoms. The van der Waals surface area contributed by atoms with Crippen molar-refractivity contribution in [1.82, 2.24) is 9.88 Å². The van der Waals surface area contributed by atoms with Gasteiger partial charge < -0.3 is 9.47 Å². The highest BCUT2D eigenvalue weighted by Gasteiger charge is 2.24. The minimum Gasteiger partial charge on any atom is -0.486 e. The summed E-state index contributed by atoms with van der Waals surface area (Å²) in [5.74, 6) is 1.66. The number of aromatic nitrogens is 1. The molecular weight excluding hydrogens is 360 g/mol. The number of rotatable bonds is 6. The molecule has 0 aliphatic carbocycles. The van der Waals surface area contributed by atoms with Crippen LogP contribution in [0, 0.1) is 6.92 Å². The van der Waals surface area contributed by atoms with Crippen molar-refractivity contribution in [3.63, 3.8) is 0 Å².